The van der Waals surface area contributed by atoms with Gasteiger partial charge in [-0.25, -0.2) is 4.98 Å². The van der Waals surface area contributed by atoms with E-state index in [0.29, 0.717) is 5.39 Å². The minimum atomic E-state index is -4.91. The molecule has 7 aromatic carbocycles. The molecule has 0 saturated carbocycles. The highest BCUT2D eigenvalue weighted by Gasteiger charge is 2.37. The van der Waals surface area contributed by atoms with E-state index in [-0.39, 0.29) is 17.2 Å². The third kappa shape index (κ3) is 6.04. The molecule has 240 valence electrons. The molecule has 0 spiro atoms. The summed E-state index contributed by atoms with van der Waals surface area (Å²) in [5.41, 5.74) is 3.64. The van der Waals surface area contributed by atoms with E-state index in [1.165, 1.54) is 0 Å². The Hall–Kier alpha value is -5.47. The molecule has 0 aliphatic rings. The van der Waals surface area contributed by atoms with Crippen LogP contribution in [-0.4, -0.2) is 4.98 Å². The molecule has 0 aliphatic carbocycles. The van der Waals surface area contributed by atoms with Crippen LogP contribution in [0.3, 0.4) is 0 Å². The van der Waals surface area contributed by atoms with Crippen molar-refractivity contribution in [2.75, 3.05) is 0 Å². The molecule has 0 amide bonds. The summed E-state index contributed by atoms with van der Waals surface area (Å²) >= 11 is 1.68. The van der Waals surface area contributed by atoms with E-state index in [4.69, 9.17) is 4.98 Å². The van der Waals surface area contributed by atoms with Gasteiger partial charge in [-0.05, 0) is 110 Å². The molecule has 8 heteroatoms. The predicted octanol–water partition coefficient (Wildman–Crippen LogP) is 13.3. The number of rotatable bonds is 4. The van der Waals surface area contributed by atoms with E-state index in [9.17, 15) is 26.3 Å². The molecule has 8 aromatic rings. The zero-order chi connectivity index (χ0) is 33.9. The van der Waals surface area contributed by atoms with Crippen LogP contribution in [0.15, 0.2) is 140 Å². The molecule has 0 atom stereocenters. The largest absolute Gasteiger partial charge is 0.416 e. The van der Waals surface area contributed by atoms with Gasteiger partial charge in [0.1, 0.15) is 5.01 Å². The Balaban J connectivity index is 1.06. The first kappa shape index (κ1) is 30.8. The van der Waals surface area contributed by atoms with Gasteiger partial charge < -0.3 is 0 Å². The first-order valence-electron chi connectivity index (χ1n) is 15.3. The second kappa shape index (κ2) is 11.6. The quantitative estimate of drug-likeness (QED) is 0.169. The average molecular weight is 676 g/mol. The van der Waals surface area contributed by atoms with Crippen molar-refractivity contribution in [1.29, 1.82) is 0 Å². The first-order chi connectivity index (χ1) is 23.5. The van der Waals surface area contributed by atoms with Gasteiger partial charge in [-0.3, -0.25) is 0 Å². The zero-order valence-electron chi connectivity index (χ0n) is 25.4. The fourth-order valence-corrected chi connectivity index (χ4v) is 7.10. The van der Waals surface area contributed by atoms with Gasteiger partial charge in [-0.15, -0.1) is 11.3 Å². The minimum absolute atomic E-state index is 0.143. The SMILES string of the molecule is FC(F)(F)c1cc(-c2ccc3cc(-c4ccc5cc(-c6ccc(-c7nc8ccccc8s7)cc6)ccc5c4)ccc3c2)cc(C(F)(F)F)c1. The molecule has 1 heterocycles. The molecular weight excluding hydrogens is 653 g/mol. The van der Waals surface area contributed by atoms with Crippen LogP contribution in [0.2, 0.25) is 0 Å². The fraction of sp³-hybridized carbons (Fsp3) is 0.0488. The van der Waals surface area contributed by atoms with Crippen molar-refractivity contribution >= 4 is 43.1 Å². The lowest BCUT2D eigenvalue weighted by atomic mass is 9.94. The first-order valence-corrected chi connectivity index (χ1v) is 16.1. The molecule has 0 aliphatic heterocycles. The number of para-hydroxylation sites is 1. The Morgan fingerprint density at radius 1 is 0.388 bits per heavy atom. The van der Waals surface area contributed by atoms with Crippen LogP contribution in [0.4, 0.5) is 26.3 Å². The van der Waals surface area contributed by atoms with Crippen molar-refractivity contribution in [3.05, 3.63) is 151 Å². The van der Waals surface area contributed by atoms with Crippen molar-refractivity contribution in [1.82, 2.24) is 4.98 Å². The normalized spacial score (nSPS) is 12.3. The topological polar surface area (TPSA) is 12.9 Å². The molecule has 0 saturated heterocycles. The lowest BCUT2D eigenvalue weighted by Gasteiger charge is -2.15. The standard InChI is InChI=1S/C41H23F6NS/c42-40(43,44)35-21-34(22-36(23-35)41(45,46)47)33-16-15-31-19-30(13-14-32(31)20-33)29-12-11-27-17-26(9-10-28(27)18-29)24-5-7-25(8-6-24)39-48-37-3-1-2-4-38(37)49-39/h1-23H. The third-order valence-electron chi connectivity index (χ3n) is 8.69. The van der Waals surface area contributed by atoms with Crippen molar-refractivity contribution in [3.63, 3.8) is 0 Å². The van der Waals surface area contributed by atoms with E-state index < -0.39 is 23.5 Å². The Bertz CT molecular complexity index is 2460. The van der Waals surface area contributed by atoms with Crippen molar-refractivity contribution in [3.8, 4) is 44.0 Å². The van der Waals surface area contributed by atoms with Crippen molar-refractivity contribution in [2.24, 2.45) is 0 Å². The second-order valence-corrected chi connectivity index (χ2v) is 12.9. The third-order valence-corrected chi connectivity index (χ3v) is 9.78. The van der Waals surface area contributed by atoms with Gasteiger partial charge in [0.2, 0.25) is 0 Å². The number of alkyl halides is 6. The van der Waals surface area contributed by atoms with Gasteiger partial charge >= 0.3 is 12.4 Å². The Morgan fingerprint density at radius 3 is 1.27 bits per heavy atom. The smallest absolute Gasteiger partial charge is 0.236 e. The summed E-state index contributed by atoms with van der Waals surface area (Å²) in [5.74, 6) is 0. The Kier molecular flexibility index (Phi) is 7.30. The second-order valence-electron chi connectivity index (χ2n) is 11.9. The maximum absolute atomic E-state index is 13.4. The van der Waals surface area contributed by atoms with Crippen LogP contribution >= 0.6 is 11.3 Å². The van der Waals surface area contributed by atoms with Gasteiger partial charge in [-0.2, -0.15) is 26.3 Å². The lowest BCUT2D eigenvalue weighted by molar-refractivity contribution is -0.143. The number of aromatic nitrogens is 1. The van der Waals surface area contributed by atoms with Gasteiger partial charge in [0.15, 0.2) is 0 Å². The summed E-state index contributed by atoms with van der Waals surface area (Å²) in [6.45, 7) is 0. The highest BCUT2D eigenvalue weighted by Crippen LogP contribution is 2.40. The van der Waals surface area contributed by atoms with E-state index >= 15 is 0 Å². The molecule has 0 fully saturated rings. The molecule has 1 aromatic heterocycles. The molecule has 8 rings (SSSR count). The molecular formula is C41H23F6NS. The zero-order valence-corrected chi connectivity index (χ0v) is 26.2. The van der Waals surface area contributed by atoms with E-state index in [0.717, 1.165) is 71.3 Å². The summed E-state index contributed by atoms with van der Waals surface area (Å²) in [5, 5.41) is 4.65. The fourth-order valence-electron chi connectivity index (χ4n) is 6.13. The number of nitrogens with zero attached hydrogens (tertiary/aromatic N) is 1. The molecule has 1 nitrogen and oxygen atoms in total. The maximum atomic E-state index is 13.4. The number of halogens is 6. The minimum Gasteiger partial charge on any atom is -0.236 e. The number of thiazole rings is 1. The highest BCUT2D eigenvalue weighted by atomic mass is 32.1. The molecule has 0 bridgehead atoms. The van der Waals surface area contributed by atoms with E-state index in [2.05, 4.69) is 60.7 Å². The maximum Gasteiger partial charge on any atom is 0.416 e. The highest BCUT2D eigenvalue weighted by molar-refractivity contribution is 7.21. The van der Waals surface area contributed by atoms with Crippen LogP contribution in [0, 0.1) is 0 Å². The van der Waals surface area contributed by atoms with Crippen molar-refractivity contribution < 1.29 is 26.3 Å². The molecule has 49 heavy (non-hydrogen) atoms. The summed E-state index contributed by atoms with van der Waals surface area (Å²) in [4.78, 5) is 4.76. The number of hydrogen-bond donors (Lipinski definition) is 0. The number of benzene rings is 7. The molecule has 0 N–H and O–H groups in total. The summed E-state index contributed by atoms with van der Waals surface area (Å²) in [7, 11) is 0. The molecule has 0 unspecified atom stereocenters. The van der Waals surface area contributed by atoms with E-state index in [1.54, 1.807) is 29.5 Å². The van der Waals surface area contributed by atoms with E-state index in [1.807, 2.05) is 42.5 Å². The van der Waals surface area contributed by atoms with Gasteiger partial charge in [0.25, 0.3) is 0 Å². The predicted molar refractivity (Wildman–Crippen MR) is 186 cm³/mol. The summed E-state index contributed by atoms with van der Waals surface area (Å²) < 4.78 is 81.8. The lowest BCUT2D eigenvalue weighted by Crippen LogP contribution is -2.11. The Labute approximate surface area is 280 Å². The van der Waals surface area contributed by atoms with Crippen molar-refractivity contribution in [2.45, 2.75) is 12.4 Å². The van der Waals surface area contributed by atoms with Gasteiger partial charge in [-0.1, -0.05) is 84.9 Å². The van der Waals surface area contributed by atoms with Crippen LogP contribution in [-0.2, 0) is 12.4 Å². The molecule has 0 radical (unpaired) electrons. The Morgan fingerprint density at radius 2 is 0.796 bits per heavy atom. The van der Waals surface area contributed by atoms with Crippen LogP contribution < -0.4 is 0 Å². The van der Waals surface area contributed by atoms with Crippen LogP contribution in [0.25, 0.3) is 75.7 Å². The monoisotopic (exact) mass is 675 g/mol. The summed E-state index contributed by atoms with van der Waals surface area (Å²) in [6, 6.07) is 41.3. The summed E-state index contributed by atoms with van der Waals surface area (Å²) in [6.07, 6.45) is -9.82. The number of fused-ring (bicyclic) bond motifs is 3. The average Bonchev–Trinajstić information content (AvgIpc) is 3.54. The van der Waals surface area contributed by atoms with Gasteiger partial charge in [0, 0.05) is 5.56 Å². The van der Waals surface area contributed by atoms with Gasteiger partial charge in [0.05, 0.1) is 21.3 Å². The number of hydrogen-bond acceptors (Lipinski definition) is 2. The van der Waals surface area contributed by atoms with Crippen LogP contribution in [0.1, 0.15) is 11.1 Å². The van der Waals surface area contributed by atoms with Crippen LogP contribution in [0.5, 0.6) is 0 Å².